The summed E-state index contributed by atoms with van der Waals surface area (Å²) in [4.78, 5) is 28.9. The summed E-state index contributed by atoms with van der Waals surface area (Å²) in [6.45, 7) is 6.23. The van der Waals surface area contributed by atoms with Gasteiger partial charge in [0.15, 0.2) is 6.40 Å². The highest BCUT2D eigenvalue weighted by Crippen LogP contribution is 2.41. The Labute approximate surface area is 139 Å². The number of aromatic nitrogens is 2. The van der Waals surface area contributed by atoms with Crippen LogP contribution in [0.2, 0.25) is 0 Å². The number of ether oxygens (including phenoxy) is 1. The van der Waals surface area contributed by atoms with Gasteiger partial charge in [0.2, 0.25) is 14.2 Å². The van der Waals surface area contributed by atoms with Gasteiger partial charge in [-0.3, -0.25) is 19.3 Å². The molecule has 1 aromatic rings. The first-order chi connectivity index (χ1) is 11.5. The van der Waals surface area contributed by atoms with E-state index in [4.69, 9.17) is 13.8 Å². The molecule has 0 radical (unpaired) electrons. The van der Waals surface area contributed by atoms with Crippen LogP contribution in [-0.2, 0) is 13.8 Å². The van der Waals surface area contributed by atoms with Gasteiger partial charge in [-0.2, -0.15) is 4.39 Å². The van der Waals surface area contributed by atoms with Gasteiger partial charge in [-0.1, -0.05) is 6.92 Å². The number of H-pyrrole nitrogens is 1. The third-order valence-electron chi connectivity index (χ3n) is 3.55. The van der Waals surface area contributed by atoms with Crippen molar-refractivity contribution in [2.45, 2.75) is 45.1 Å². The van der Waals surface area contributed by atoms with Gasteiger partial charge in [0.05, 0.1) is 18.4 Å². The van der Waals surface area contributed by atoms with E-state index in [9.17, 15) is 14.0 Å². The van der Waals surface area contributed by atoms with Crippen molar-refractivity contribution in [2.75, 3.05) is 13.2 Å². The Kier molecular flexibility index (Phi) is 6.65. The largest absolute Gasteiger partial charge is 0.437 e. The molecule has 0 spiro atoms. The summed E-state index contributed by atoms with van der Waals surface area (Å²) in [5, 5.41) is 0. The Morgan fingerprint density at radius 1 is 1.54 bits per heavy atom. The average Bonchev–Trinajstić information content (AvgIpc) is 2.93. The maximum atomic E-state index is 13.5. The van der Waals surface area contributed by atoms with Gasteiger partial charge >= 0.3 is 5.69 Å². The molecule has 1 aliphatic heterocycles. The number of nitrogens with one attached hydrogen (secondary N) is 1. The zero-order chi connectivity index (χ0) is 17.7. The highest BCUT2D eigenvalue weighted by molar-refractivity contribution is 7.46. The fourth-order valence-corrected chi connectivity index (χ4v) is 3.26. The van der Waals surface area contributed by atoms with E-state index in [-0.39, 0.29) is 12.2 Å². The van der Waals surface area contributed by atoms with Crippen LogP contribution in [0.25, 0.3) is 0 Å². The molecule has 0 aliphatic carbocycles. The number of hydrogen-bond donors (Lipinski definition) is 1. The highest BCUT2D eigenvalue weighted by atomic mass is 31.2. The average molecular weight is 361 g/mol. The summed E-state index contributed by atoms with van der Waals surface area (Å²) in [5.74, 6) is -1.03. The molecule has 1 fully saturated rings. The van der Waals surface area contributed by atoms with Crippen LogP contribution < -0.4 is 11.2 Å². The molecule has 0 bridgehead atoms. The van der Waals surface area contributed by atoms with E-state index in [1.807, 2.05) is 18.8 Å². The van der Waals surface area contributed by atoms with Crippen molar-refractivity contribution in [3.63, 3.8) is 0 Å². The first kappa shape index (κ1) is 18.8. The molecule has 134 valence electrons. The predicted octanol–water partition coefficient (Wildman–Crippen LogP) is 1.76. The Balaban J connectivity index is 2.09. The fourth-order valence-electron chi connectivity index (χ4n) is 2.41. The first-order valence-electron chi connectivity index (χ1n) is 7.68. The molecule has 0 amide bonds. The van der Waals surface area contributed by atoms with Gasteiger partial charge < -0.3 is 13.8 Å². The molecule has 1 aliphatic rings. The third-order valence-corrected chi connectivity index (χ3v) is 4.51. The van der Waals surface area contributed by atoms with Gasteiger partial charge in [-0.25, -0.2) is 4.79 Å². The zero-order valence-corrected chi connectivity index (χ0v) is 14.7. The molecule has 1 saturated heterocycles. The van der Waals surface area contributed by atoms with Crippen LogP contribution in [0, 0.1) is 5.82 Å². The van der Waals surface area contributed by atoms with Gasteiger partial charge in [0, 0.05) is 19.6 Å². The van der Waals surface area contributed by atoms with E-state index in [0.717, 1.165) is 10.8 Å². The lowest BCUT2D eigenvalue weighted by molar-refractivity contribution is -0.0180. The second-order valence-corrected chi connectivity index (χ2v) is 6.51. The summed E-state index contributed by atoms with van der Waals surface area (Å²) >= 11 is 0. The van der Waals surface area contributed by atoms with E-state index in [1.54, 1.807) is 6.66 Å². The first-order valence-corrected chi connectivity index (χ1v) is 9.30. The monoisotopic (exact) mass is 361 g/mol. The number of halogens is 1. The summed E-state index contributed by atoms with van der Waals surface area (Å²) < 4.78 is 31.5. The molecule has 4 atom stereocenters. The van der Waals surface area contributed by atoms with Gasteiger partial charge in [0.1, 0.15) is 6.23 Å². The Bertz CT molecular complexity index is 692. The molecule has 2 heterocycles. The Morgan fingerprint density at radius 2 is 2.29 bits per heavy atom. The van der Waals surface area contributed by atoms with Crippen molar-refractivity contribution in [1.29, 1.82) is 0 Å². The number of aromatic amines is 1. The number of aliphatic imine (C=N–C) groups is 1. The smallest absolute Gasteiger partial charge is 0.330 e. The summed E-state index contributed by atoms with van der Waals surface area (Å²) in [6.07, 6.45) is 1.98. The summed E-state index contributed by atoms with van der Waals surface area (Å²) in [6, 6.07) is 0. The molecule has 10 heteroatoms. The lowest BCUT2D eigenvalue weighted by Crippen LogP contribution is -2.33. The second kappa shape index (κ2) is 8.50. The number of rotatable bonds is 7. The molecule has 1 aromatic heterocycles. The van der Waals surface area contributed by atoms with Crippen LogP contribution in [0.1, 0.15) is 32.9 Å². The van der Waals surface area contributed by atoms with E-state index in [1.165, 1.54) is 6.40 Å². The van der Waals surface area contributed by atoms with Crippen molar-refractivity contribution >= 4 is 14.8 Å². The van der Waals surface area contributed by atoms with Crippen molar-refractivity contribution in [3.05, 3.63) is 32.9 Å². The predicted molar refractivity (Wildman–Crippen MR) is 87.9 cm³/mol. The topological polar surface area (TPSA) is 94.9 Å². The molecular formula is C14H21FN3O5P. The Hall–Kier alpha value is -1.57. The standard InChI is InChI=1S/C14H21FN3O5P/c1-4-10-11(23-24(3)21-8-16-5-2)6-12(22-10)18-7-9(15)13(19)17-14(18)20/h7-8,10-12H,4-6H2,1-3H3,(H,17,19,20). The van der Waals surface area contributed by atoms with E-state index in [0.29, 0.717) is 19.4 Å². The molecule has 24 heavy (non-hydrogen) atoms. The maximum absolute atomic E-state index is 13.5. The molecule has 1 N–H and O–H groups in total. The normalized spacial score (nSPS) is 25.2. The SMILES string of the molecule is CCN=COP(C)OC1CC(n2cc(F)c(=O)[nH]c2=O)OC1CC. The van der Waals surface area contributed by atoms with Gasteiger partial charge in [-0.15, -0.1) is 0 Å². The minimum absolute atomic E-state index is 0.256. The maximum Gasteiger partial charge on any atom is 0.330 e. The third kappa shape index (κ3) is 4.49. The molecule has 0 aromatic carbocycles. The van der Waals surface area contributed by atoms with E-state index in [2.05, 4.69) is 4.99 Å². The molecule has 2 rings (SSSR count). The van der Waals surface area contributed by atoms with E-state index >= 15 is 0 Å². The van der Waals surface area contributed by atoms with Crippen molar-refractivity contribution in [1.82, 2.24) is 9.55 Å². The summed E-state index contributed by atoms with van der Waals surface area (Å²) in [7, 11) is -1.19. The molecular weight excluding hydrogens is 340 g/mol. The van der Waals surface area contributed by atoms with Crippen LogP contribution >= 0.6 is 8.38 Å². The van der Waals surface area contributed by atoms with Crippen molar-refractivity contribution in [3.8, 4) is 0 Å². The van der Waals surface area contributed by atoms with Crippen LogP contribution in [0.4, 0.5) is 4.39 Å². The minimum Gasteiger partial charge on any atom is -0.437 e. The van der Waals surface area contributed by atoms with Gasteiger partial charge in [-0.05, 0) is 13.3 Å². The van der Waals surface area contributed by atoms with Crippen molar-refractivity contribution in [2.24, 2.45) is 4.99 Å². The fraction of sp³-hybridized carbons (Fsp3) is 0.643. The summed E-state index contributed by atoms with van der Waals surface area (Å²) in [5.41, 5.74) is -1.76. The van der Waals surface area contributed by atoms with Crippen LogP contribution in [-0.4, -0.2) is 41.4 Å². The van der Waals surface area contributed by atoms with Crippen LogP contribution in [0.15, 0.2) is 20.8 Å². The lowest BCUT2D eigenvalue weighted by atomic mass is 10.1. The number of hydrogen-bond acceptors (Lipinski definition) is 6. The van der Waals surface area contributed by atoms with Crippen molar-refractivity contribution < 1.29 is 18.2 Å². The van der Waals surface area contributed by atoms with Gasteiger partial charge in [0.25, 0.3) is 5.56 Å². The minimum atomic E-state index is -1.19. The highest BCUT2D eigenvalue weighted by Gasteiger charge is 2.38. The van der Waals surface area contributed by atoms with E-state index < -0.39 is 31.7 Å². The zero-order valence-electron chi connectivity index (χ0n) is 13.8. The lowest BCUT2D eigenvalue weighted by Gasteiger charge is -2.19. The molecule has 0 saturated carbocycles. The van der Waals surface area contributed by atoms with Crippen LogP contribution in [0.5, 0.6) is 0 Å². The number of nitrogens with zero attached hydrogens (tertiary/aromatic N) is 2. The van der Waals surface area contributed by atoms with Crippen LogP contribution in [0.3, 0.4) is 0 Å². The second-order valence-electron chi connectivity index (χ2n) is 5.21. The Morgan fingerprint density at radius 3 is 2.96 bits per heavy atom. The molecule has 8 nitrogen and oxygen atoms in total. The quantitative estimate of drug-likeness (QED) is 0.454. The molecule has 4 unspecified atom stereocenters.